The van der Waals surface area contributed by atoms with Crippen LogP contribution in [0.5, 0.6) is 5.75 Å². The van der Waals surface area contributed by atoms with Crippen molar-refractivity contribution >= 4 is 23.3 Å². The summed E-state index contributed by atoms with van der Waals surface area (Å²) in [5, 5.41) is 14.2. The third-order valence-corrected chi connectivity index (χ3v) is 4.72. The van der Waals surface area contributed by atoms with E-state index in [9.17, 15) is 14.4 Å². The third kappa shape index (κ3) is 4.29. The number of nitrogens with one attached hydrogen (secondary N) is 2. The Hall–Kier alpha value is -4.02. The van der Waals surface area contributed by atoms with Gasteiger partial charge in [-0.3, -0.25) is 9.59 Å². The van der Waals surface area contributed by atoms with E-state index in [1.54, 1.807) is 32.0 Å². The minimum atomic E-state index is -0.620. The van der Waals surface area contributed by atoms with Crippen molar-refractivity contribution in [2.75, 3.05) is 19.5 Å². The molecule has 0 atom stereocenters. The first-order valence-corrected chi connectivity index (χ1v) is 9.30. The Morgan fingerprint density at radius 1 is 1.19 bits per heavy atom. The Morgan fingerprint density at radius 3 is 2.52 bits per heavy atom. The van der Waals surface area contributed by atoms with Gasteiger partial charge in [-0.25, -0.2) is 4.79 Å². The van der Waals surface area contributed by atoms with Crippen molar-refractivity contribution < 1.29 is 23.9 Å². The molecule has 162 valence electrons. The lowest BCUT2D eigenvalue weighted by molar-refractivity contribution is -0.115. The molecule has 11 heteroatoms. The van der Waals surface area contributed by atoms with Gasteiger partial charge in [0.2, 0.25) is 5.91 Å². The number of esters is 1. The molecule has 0 unspecified atom stereocenters. The largest absolute Gasteiger partial charge is 0.494 e. The van der Waals surface area contributed by atoms with Crippen LogP contribution in [0.25, 0.3) is 5.69 Å². The molecule has 11 nitrogen and oxygen atoms in total. The molecule has 0 saturated heterocycles. The van der Waals surface area contributed by atoms with Gasteiger partial charge in [0.25, 0.3) is 0 Å². The molecule has 2 aromatic heterocycles. The number of amides is 1. The van der Waals surface area contributed by atoms with Crippen molar-refractivity contribution in [1.82, 2.24) is 25.2 Å². The summed E-state index contributed by atoms with van der Waals surface area (Å²) in [5.74, 6) is -0.197. The van der Waals surface area contributed by atoms with E-state index in [2.05, 4.69) is 25.8 Å². The van der Waals surface area contributed by atoms with Crippen LogP contribution < -0.4 is 10.1 Å². The summed E-state index contributed by atoms with van der Waals surface area (Å²) in [6.07, 6.45) is -0.163. The number of benzene rings is 1. The quantitative estimate of drug-likeness (QED) is 0.430. The molecule has 0 aliphatic carbocycles. The summed E-state index contributed by atoms with van der Waals surface area (Å²) < 4.78 is 11.6. The van der Waals surface area contributed by atoms with Gasteiger partial charge in [-0.2, -0.15) is 4.68 Å². The molecule has 0 spiro atoms. The van der Waals surface area contributed by atoms with E-state index >= 15 is 0 Å². The lowest BCUT2D eigenvalue weighted by atomic mass is 10.1. The third-order valence-electron chi connectivity index (χ3n) is 4.72. The molecule has 0 fully saturated rings. The van der Waals surface area contributed by atoms with E-state index in [1.165, 1.54) is 25.8 Å². The Labute approximate surface area is 177 Å². The number of tetrazole rings is 1. The molecule has 0 saturated carbocycles. The van der Waals surface area contributed by atoms with Crippen molar-refractivity contribution in [3.8, 4) is 11.4 Å². The number of ether oxygens (including phenoxy) is 2. The van der Waals surface area contributed by atoms with E-state index in [0.717, 1.165) is 0 Å². The van der Waals surface area contributed by atoms with Gasteiger partial charge >= 0.3 is 5.97 Å². The number of aromatic nitrogens is 5. The number of aryl methyl sites for hydroxylation is 1. The fraction of sp³-hybridized carbons (Fsp3) is 0.300. The molecule has 0 radical (unpaired) electrons. The molecule has 2 N–H and O–H groups in total. The average Bonchev–Trinajstić information content (AvgIpc) is 3.30. The van der Waals surface area contributed by atoms with Gasteiger partial charge < -0.3 is 19.8 Å². The molecule has 0 bridgehead atoms. The van der Waals surface area contributed by atoms with Crippen LogP contribution >= 0.6 is 0 Å². The Bertz CT molecular complexity index is 1160. The van der Waals surface area contributed by atoms with E-state index in [1.807, 2.05) is 0 Å². The number of methoxy groups -OCH3 is 2. The second-order valence-corrected chi connectivity index (χ2v) is 6.78. The van der Waals surface area contributed by atoms with Crippen molar-refractivity contribution in [3.05, 3.63) is 46.5 Å². The van der Waals surface area contributed by atoms with Crippen molar-refractivity contribution in [1.29, 1.82) is 0 Å². The normalized spacial score (nSPS) is 10.6. The SMILES string of the molecule is COC(=O)c1c(CC(=O)Nc2ccc(OC)c(-n3nnnc3C)c2)[nH]c(C(C)=O)c1C. The van der Waals surface area contributed by atoms with Crippen molar-refractivity contribution in [3.63, 3.8) is 0 Å². The summed E-state index contributed by atoms with van der Waals surface area (Å²) in [5.41, 5.74) is 2.23. The number of H-pyrrole nitrogens is 1. The van der Waals surface area contributed by atoms with E-state index in [0.29, 0.717) is 34.2 Å². The highest BCUT2D eigenvalue weighted by molar-refractivity contribution is 6.02. The summed E-state index contributed by atoms with van der Waals surface area (Å²) in [4.78, 5) is 39.6. The maximum atomic E-state index is 12.7. The fourth-order valence-electron chi connectivity index (χ4n) is 3.27. The van der Waals surface area contributed by atoms with Crippen LogP contribution in [0, 0.1) is 13.8 Å². The number of hydrogen-bond acceptors (Lipinski definition) is 8. The Balaban J connectivity index is 1.88. The number of carbonyl (C=O) groups excluding carboxylic acids is 3. The van der Waals surface area contributed by atoms with E-state index < -0.39 is 11.9 Å². The van der Waals surface area contributed by atoms with Crippen LogP contribution in [-0.2, 0) is 16.0 Å². The zero-order chi connectivity index (χ0) is 22.7. The van der Waals surface area contributed by atoms with Crippen LogP contribution in [0.15, 0.2) is 18.2 Å². The molecule has 1 aromatic carbocycles. The topological polar surface area (TPSA) is 141 Å². The predicted molar refractivity (Wildman–Crippen MR) is 110 cm³/mol. The van der Waals surface area contributed by atoms with Gasteiger partial charge in [-0.1, -0.05) is 0 Å². The molecular weight excluding hydrogens is 404 g/mol. The highest BCUT2D eigenvalue weighted by Gasteiger charge is 2.24. The minimum absolute atomic E-state index is 0.163. The maximum absolute atomic E-state index is 12.7. The second kappa shape index (κ2) is 8.78. The first-order valence-electron chi connectivity index (χ1n) is 9.30. The highest BCUT2D eigenvalue weighted by Crippen LogP contribution is 2.27. The molecule has 3 rings (SSSR count). The molecule has 3 aromatic rings. The van der Waals surface area contributed by atoms with Crippen LogP contribution in [0.4, 0.5) is 5.69 Å². The van der Waals surface area contributed by atoms with E-state index in [-0.39, 0.29) is 23.5 Å². The van der Waals surface area contributed by atoms with Crippen LogP contribution in [0.2, 0.25) is 0 Å². The smallest absolute Gasteiger partial charge is 0.339 e. The molecule has 0 aliphatic rings. The van der Waals surface area contributed by atoms with Gasteiger partial charge in [0.05, 0.1) is 31.9 Å². The van der Waals surface area contributed by atoms with Crippen molar-refractivity contribution in [2.45, 2.75) is 27.2 Å². The zero-order valence-corrected chi connectivity index (χ0v) is 17.8. The number of aromatic amines is 1. The number of hydrogen-bond donors (Lipinski definition) is 2. The molecular formula is C20H22N6O5. The average molecular weight is 426 g/mol. The maximum Gasteiger partial charge on any atom is 0.339 e. The summed E-state index contributed by atoms with van der Waals surface area (Å²) in [6.45, 7) is 4.74. The molecule has 0 aliphatic heterocycles. The van der Waals surface area contributed by atoms with E-state index in [4.69, 9.17) is 9.47 Å². The lowest BCUT2D eigenvalue weighted by Crippen LogP contribution is -2.17. The predicted octanol–water partition coefficient (Wildman–Crippen LogP) is 1.79. The number of nitrogens with zero attached hydrogens (tertiary/aromatic N) is 4. The first kappa shape index (κ1) is 21.7. The number of anilines is 1. The highest BCUT2D eigenvalue weighted by atomic mass is 16.5. The van der Waals surface area contributed by atoms with Crippen LogP contribution in [-0.4, -0.2) is 57.1 Å². The Morgan fingerprint density at radius 2 is 1.94 bits per heavy atom. The summed E-state index contributed by atoms with van der Waals surface area (Å²) in [6, 6.07) is 5.02. The standard InChI is InChI=1S/C20H22N6O5/c1-10-18(20(29)31-5)14(22-19(10)11(2)27)9-17(28)21-13-6-7-16(30-4)15(8-13)26-12(3)23-24-25-26/h6-8,22H,9H2,1-5H3,(H,21,28). The van der Waals surface area contributed by atoms with Crippen molar-refractivity contribution in [2.24, 2.45) is 0 Å². The van der Waals surface area contributed by atoms with Crippen LogP contribution in [0.1, 0.15) is 44.9 Å². The summed E-state index contributed by atoms with van der Waals surface area (Å²) >= 11 is 0. The van der Waals surface area contributed by atoms with Gasteiger partial charge in [0.1, 0.15) is 11.4 Å². The number of rotatable bonds is 7. The molecule has 1 amide bonds. The van der Waals surface area contributed by atoms with Gasteiger partial charge in [-0.15, -0.1) is 5.10 Å². The Kier molecular flexibility index (Phi) is 6.14. The molecule has 31 heavy (non-hydrogen) atoms. The number of Topliss-reactive ketones (excluding diaryl/α,β-unsaturated/α-hetero) is 1. The minimum Gasteiger partial charge on any atom is -0.494 e. The monoisotopic (exact) mass is 426 g/mol. The van der Waals surface area contributed by atoms with Crippen LogP contribution in [0.3, 0.4) is 0 Å². The van der Waals surface area contributed by atoms with Gasteiger partial charge in [0.15, 0.2) is 11.6 Å². The molecule has 2 heterocycles. The zero-order valence-electron chi connectivity index (χ0n) is 17.8. The lowest BCUT2D eigenvalue weighted by Gasteiger charge is -2.12. The number of ketones is 1. The first-order chi connectivity index (χ1) is 14.8. The summed E-state index contributed by atoms with van der Waals surface area (Å²) in [7, 11) is 2.76. The van der Waals surface area contributed by atoms with Gasteiger partial charge in [-0.05, 0) is 48.0 Å². The number of carbonyl (C=O) groups is 3. The van der Waals surface area contributed by atoms with Gasteiger partial charge in [0, 0.05) is 18.3 Å². The second-order valence-electron chi connectivity index (χ2n) is 6.78. The fourth-order valence-corrected chi connectivity index (χ4v) is 3.27.